The van der Waals surface area contributed by atoms with Gasteiger partial charge in [-0.3, -0.25) is 15.0 Å². The normalized spacial score (nSPS) is 35.3. The van der Waals surface area contributed by atoms with Crippen molar-refractivity contribution >= 4 is 35.9 Å². The molecular weight excluding hydrogens is 450 g/mol. The fourth-order valence-corrected chi connectivity index (χ4v) is 6.87. The van der Waals surface area contributed by atoms with E-state index >= 15 is 0 Å². The zero-order valence-electron chi connectivity index (χ0n) is 18.7. The van der Waals surface area contributed by atoms with E-state index in [1.807, 2.05) is 6.92 Å². The average Bonchev–Trinajstić information content (AvgIpc) is 3.24. The quantitative estimate of drug-likeness (QED) is 0.177. The molecule has 4 rings (SSSR count). The summed E-state index contributed by atoms with van der Waals surface area (Å²) in [5.41, 5.74) is -0.00319. The van der Waals surface area contributed by atoms with Gasteiger partial charge >= 0.3 is 5.97 Å². The SMILES string of the molecule is CC(O)[C@H]1C(=O)N2C(C(=O)O)=C(S[C@@H]3CN[C@H](C(=O)N4CCN(C=N)CC(O)C4)C3)[C@H](C)[C@H]12. The number of aliphatic hydroxyl groups is 2. The number of β-lactam (4-membered cyclic amide) rings is 1. The lowest BCUT2D eigenvalue weighted by Crippen LogP contribution is -2.63. The first-order chi connectivity index (χ1) is 15.6. The molecule has 4 aliphatic heterocycles. The molecule has 0 saturated carbocycles. The number of carbonyl (C=O) groups excluding carboxylic acids is 2. The Balaban J connectivity index is 1.43. The van der Waals surface area contributed by atoms with E-state index in [0.717, 1.165) is 0 Å². The second-order valence-electron chi connectivity index (χ2n) is 9.27. The van der Waals surface area contributed by atoms with Gasteiger partial charge in [0.1, 0.15) is 5.70 Å². The molecule has 3 fully saturated rings. The summed E-state index contributed by atoms with van der Waals surface area (Å²) in [6, 6.07) is -0.788. The van der Waals surface area contributed by atoms with Crippen LogP contribution in [0.25, 0.3) is 0 Å². The van der Waals surface area contributed by atoms with Crippen molar-refractivity contribution in [2.24, 2.45) is 11.8 Å². The number of rotatable bonds is 6. The monoisotopic (exact) mass is 481 g/mol. The van der Waals surface area contributed by atoms with Gasteiger partial charge in [0.05, 0.1) is 36.5 Å². The number of nitrogens with zero attached hydrogens (tertiary/aromatic N) is 3. The van der Waals surface area contributed by atoms with Gasteiger partial charge in [-0.1, -0.05) is 6.92 Å². The Kier molecular flexibility index (Phi) is 6.72. The first-order valence-electron chi connectivity index (χ1n) is 11.2. The summed E-state index contributed by atoms with van der Waals surface area (Å²) in [4.78, 5) is 42.8. The van der Waals surface area contributed by atoms with Crippen molar-refractivity contribution in [1.82, 2.24) is 20.0 Å². The highest BCUT2D eigenvalue weighted by Crippen LogP contribution is 2.51. The minimum absolute atomic E-state index is 0.00319. The number of aliphatic hydroxyl groups excluding tert-OH is 2. The number of aliphatic carboxylic acids is 1. The maximum Gasteiger partial charge on any atom is 0.353 e. The van der Waals surface area contributed by atoms with E-state index in [1.54, 1.807) is 16.7 Å². The van der Waals surface area contributed by atoms with E-state index in [0.29, 0.717) is 37.5 Å². The van der Waals surface area contributed by atoms with Crippen LogP contribution >= 0.6 is 11.8 Å². The zero-order valence-corrected chi connectivity index (χ0v) is 19.5. The average molecular weight is 482 g/mol. The zero-order chi connectivity index (χ0) is 24.0. The molecular formula is C21H31N5O6S. The number of amides is 2. The van der Waals surface area contributed by atoms with Crippen LogP contribution in [0.5, 0.6) is 0 Å². The summed E-state index contributed by atoms with van der Waals surface area (Å²) in [6.07, 6.45) is 0.107. The van der Waals surface area contributed by atoms with Crippen LogP contribution in [-0.4, -0.2) is 116 Å². The predicted molar refractivity (Wildman–Crippen MR) is 120 cm³/mol. The van der Waals surface area contributed by atoms with E-state index < -0.39 is 30.1 Å². The van der Waals surface area contributed by atoms with Gasteiger partial charge in [-0.15, -0.1) is 11.8 Å². The Morgan fingerprint density at radius 3 is 2.67 bits per heavy atom. The van der Waals surface area contributed by atoms with Crippen molar-refractivity contribution in [2.75, 3.05) is 32.7 Å². The summed E-state index contributed by atoms with van der Waals surface area (Å²) in [5, 5.41) is 40.5. The molecule has 12 heteroatoms. The van der Waals surface area contributed by atoms with Gasteiger partial charge in [-0.25, -0.2) is 4.79 Å². The molecule has 182 valence electrons. The first kappa shape index (κ1) is 24.0. The van der Waals surface area contributed by atoms with Gasteiger partial charge in [-0.05, 0) is 13.3 Å². The largest absolute Gasteiger partial charge is 0.477 e. The molecule has 33 heavy (non-hydrogen) atoms. The second kappa shape index (κ2) is 9.24. The van der Waals surface area contributed by atoms with Gasteiger partial charge < -0.3 is 35.3 Å². The molecule has 11 nitrogen and oxygen atoms in total. The van der Waals surface area contributed by atoms with Crippen LogP contribution in [0.4, 0.5) is 0 Å². The van der Waals surface area contributed by atoms with Crippen molar-refractivity contribution in [3.05, 3.63) is 10.6 Å². The topological polar surface area (TPSA) is 157 Å². The van der Waals surface area contributed by atoms with Crippen LogP contribution in [0.1, 0.15) is 20.3 Å². The molecule has 0 aliphatic carbocycles. The molecule has 0 aromatic rings. The summed E-state index contributed by atoms with van der Waals surface area (Å²) in [6.45, 7) is 5.39. The molecule has 0 bridgehead atoms. The molecule has 0 aromatic heterocycles. The lowest BCUT2D eigenvalue weighted by molar-refractivity contribution is -0.163. The fraction of sp³-hybridized carbons (Fsp3) is 0.714. The Labute approximate surface area is 196 Å². The van der Waals surface area contributed by atoms with Crippen LogP contribution in [0, 0.1) is 17.2 Å². The fourth-order valence-electron chi connectivity index (χ4n) is 5.39. The van der Waals surface area contributed by atoms with Crippen LogP contribution < -0.4 is 5.32 Å². The summed E-state index contributed by atoms with van der Waals surface area (Å²) in [7, 11) is 0. The summed E-state index contributed by atoms with van der Waals surface area (Å²) < 4.78 is 0. The summed E-state index contributed by atoms with van der Waals surface area (Å²) >= 11 is 1.40. The van der Waals surface area contributed by atoms with Crippen molar-refractivity contribution in [3.63, 3.8) is 0 Å². The number of carboxylic acids is 1. The predicted octanol–water partition coefficient (Wildman–Crippen LogP) is -1.28. The number of carboxylic acid groups (broad SMARTS) is 1. The van der Waals surface area contributed by atoms with Gasteiger partial charge in [0, 0.05) is 48.8 Å². The third-order valence-electron chi connectivity index (χ3n) is 7.02. The van der Waals surface area contributed by atoms with Crippen molar-refractivity contribution < 1.29 is 29.7 Å². The highest BCUT2D eigenvalue weighted by Gasteiger charge is 2.60. The smallest absolute Gasteiger partial charge is 0.353 e. The summed E-state index contributed by atoms with van der Waals surface area (Å²) in [5.74, 6) is -2.42. The minimum atomic E-state index is -1.16. The Bertz CT molecular complexity index is 881. The van der Waals surface area contributed by atoms with Crippen molar-refractivity contribution in [3.8, 4) is 0 Å². The van der Waals surface area contributed by atoms with Crippen LogP contribution in [-0.2, 0) is 14.4 Å². The van der Waals surface area contributed by atoms with Gasteiger partial charge in [-0.2, -0.15) is 0 Å². The number of thioether (sulfide) groups is 1. The minimum Gasteiger partial charge on any atom is -0.477 e. The van der Waals surface area contributed by atoms with E-state index in [-0.39, 0.29) is 41.3 Å². The Morgan fingerprint density at radius 2 is 2.03 bits per heavy atom. The van der Waals surface area contributed by atoms with E-state index in [4.69, 9.17) is 5.41 Å². The van der Waals surface area contributed by atoms with Crippen molar-refractivity contribution in [1.29, 1.82) is 5.41 Å². The molecule has 0 aromatic carbocycles. The van der Waals surface area contributed by atoms with Gasteiger partial charge in [0.15, 0.2) is 0 Å². The molecule has 4 aliphatic rings. The second-order valence-corrected chi connectivity index (χ2v) is 10.6. The maximum atomic E-state index is 13.1. The molecule has 5 N–H and O–H groups in total. The number of nitrogens with one attached hydrogen (secondary N) is 2. The number of carbonyl (C=O) groups is 3. The first-order valence-corrected chi connectivity index (χ1v) is 12.1. The van der Waals surface area contributed by atoms with E-state index in [9.17, 15) is 29.7 Å². The van der Waals surface area contributed by atoms with E-state index in [1.165, 1.54) is 23.0 Å². The molecule has 4 heterocycles. The maximum absolute atomic E-state index is 13.1. The third-order valence-corrected chi connectivity index (χ3v) is 8.53. The standard InChI is InChI=1S/C21H31N5O6S/c1-10-16-15(11(2)27)20(30)26(16)17(21(31)32)18(10)33-13-5-14(23-6-13)19(29)25-4-3-24(9-22)7-12(28)8-25/h9-16,22-23,27-28H,3-8H2,1-2H3,(H,31,32)/t10-,11?,12?,13+,14+,15-,16-/m1/s1. The number of hydrogen-bond donors (Lipinski definition) is 5. The molecule has 7 atom stereocenters. The van der Waals surface area contributed by atoms with E-state index in [2.05, 4.69) is 5.32 Å². The number of hydrogen-bond acceptors (Lipinski definition) is 8. The molecule has 2 amide bonds. The highest BCUT2D eigenvalue weighted by atomic mass is 32.2. The van der Waals surface area contributed by atoms with Gasteiger partial charge in [0.25, 0.3) is 0 Å². The number of β-amino-alcohol motifs (C(OH)–C–C–N with tert-alkyl or cyclic N) is 1. The highest BCUT2D eigenvalue weighted by molar-refractivity contribution is 8.03. The van der Waals surface area contributed by atoms with Crippen LogP contribution in [0.3, 0.4) is 0 Å². The van der Waals surface area contributed by atoms with Gasteiger partial charge in [0.2, 0.25) is 11.8 Å². The van der Waals surface area contributed by atoms with Crippen molar-refractivity contribution in [2.45, 2.75) is 49.8 Å². The molecule has 3 saturated heterocycles. The molecule has 0 radical (unpaired) electrons. The van der Waals surface area contributed by atoms with Crippen LogP contribution in [0.2, 0.25) is 0 Å². The number of fused-ring (bicyclic) bond motifs is 1. The van der Waals surface area contributed by atoms with Crippen LogP contribution in [0.15, 0.2) is 10.6 Å². The third kappa shape index (κ3) is 4.25. The lowest BCUT2D eigenvalue weighted by Gasteiger charge is -2.46. The Hall–Kier alpha value is -2.15. The Morgan fingerprint density at radius 1 is 1.30 bits per heavy atom. The lowest BCUT2D eigenvalue weighted by atomic mass is 9.79. The molecule has 0 spiro atoms. The molecule has 2 unspecified atom stereocenters.